The van der Waals surface area contributed by atoms with E-state index in [9.17, 15) is 10.3 Å². The summed E-state index contributed by atoms with van der Waals surface area (Å²) in [6.07, 6.45) is 1.21. The van der Waals surface area contributed by atoms with E-state index in [1.54, 1.807) is 7.05 Å². The average Bonchev–Trinajstić information content (AvgIpc) is 2.89. The lowest BCUT2D eigenvalue weighted by Crippen LogP contribution is -2.84. The standard InChI is InChI=1S/C20H24N2O3/c1-11(23)20-10-22(2,24)16-8-19(20)13-5-3-4-6-15(13)21-18(19)17-7-14(20)12(16)9-25-17/h3-6,11-12,14,16-17,23H,7-10H2,1-2H3/t11-,12-,14+,16-,17+,19-,20+,22?/m0/s1. The van der Waals surface area contributed by atoms with Crippen molar-refractivity contribution in [3.05, 3.63) is 35.0 Å². The fourth-order valence-electron chi connectivity index (χ4n) is 7.58. The second kappa shape index (κ2) is 4.17. The number of hydrogen-bond acceptors (Lipinski definition) is 4. The number of rotatable bonds is 1. The second-order valence-electron chi connectivity index (χ2n) is 9.07. The van der Waals surface area contributed by atoms with Gasteiger partial charge in [-0.15, -0.1) is 0 Å². The number of hydrogen-bond donors (Lipinski definition) is 1. The van der Waals surface area contributed by atoms with E-state index in [-0.39, 0.29) is 28.1 Å². The van der Waals surface area contributed by atoms with Gasteiger partial charge in [0.25, 0.3) is 0 Å². The number of aliphatic hydroxyl groups excluding tert-OH is 1. The maximum absolute atomic E-state index is 13.5. The van der Waals surface area contributed by atoms with Gasteiger partial charge in [0.15, 0.2) is 0 Å². The first-order valence-electron chi connectivity index (χ1n) is 9.46. The molecule has 1 spiro atoms. The van der Waals surface area contributed by atoms with Crippen LogP contribution in [0.15, 0.2) is 29.3 Å². The van der Waals surface area contributed by atoms with E-state index in [2.05, 4.69) is 18.2 Å². The summed E-state index contributed by atoms with van der Waals surface area (Å²) in [5.74, 6) is 0.595. The Kier molecular flexibility index (Phi) is 2.48. The number of quaternary nitrogens is 1. The van der Waals surface area contributed by atoms with Crippen molar-refractivity contribution in [3.8, 4) is 0 Å². The van der Waals surface area contributed by atoms with Gasteiger partial charge >= 0.3 is 0 Å². The smallest absolute Gasteiger partial charge is 0.0968 e. The van der Waals surface area contributed by atoms with Gasteiger partial charge in [-0.2, -0.15) is 0 Å². The van der Waals surface area contributed by atoms with Crippen LogP contribution in [0.3, 0.4) is 0 Å². The summed E-state index contributed by atoms with van der Waals surface area (Å²) in [7, 11) is 1.80. The van der Waals surface area contributed by atoms with Gasteiger partial charge in [0, 0.05) is 12.3 Å². The van der Waals surface area contributed by atoms with Gasteiger partial charge in [-0.05, 0) is 30.9 Å². The van der Waals surface area contributed by atoms with Crippen molar-refractivity contribution in [2.75, 3.05) is 20.2 Å². The number of piperidine rings is 2. The molecule has 132 valence electrons. The van der Waals surface area contributed by atoms with Crippen molar-refractivity contribution in [1.29, 1.82) is 0 Å². The van der Waals surface area contributed by atoms with E-state index in [4.69, 9.17) is 9.73 Å². The molecule has 5 heteroatoms. The summed E-state index contributed by atoms with van der Waals surface area (Å²) < 4.78 is 5.98. The van der Waals surface area contributed by atoms with Crippen LogP contribution in [-0.4, -0.2) is 53.9 Å². The fraction of sp³-hybridized carbons (Fsp3) is 0.650. The van der Waals surface area contributed by atoms with Crippen LogP contribution in [0.25, 0.3) is 0 Å². The SMILES string of the molecule is C[C@H](O)[C@@]12C[N+](C)([O-])[C@H]3C[C@]14C(=Nc1ccccc14)[C@H]1C[C@@H]2[C@@H]3CO1. The maximum Gasteiger partial charge on any atom is 0.0968 e. The summed E-state index contributed by atoms with van der Waals surface area (Å²) >= 11 is 0. The summed E-state index contributed by atoms with van der Waals surface area (Å²) in [5.41, 5.74) is 2.56. The molecule has 5 nitrogen and oxygen atoms in total. The summed E-state index contributed by atoms with van der Waals surface area (Å²) in [4.78, 5) is 5.03. The molecule has 1 aromatic rings. The Morgan fingerprint density at radius 2 is 2.20 bits per heavy atom. The number of aliphatic hydroxyl groups is 1. The molecule has 1 N–H and O–H groups in total. The lowest BCUT2D eigenvalue weighted by atomic mass is 9.36. The molecule has 1 unspecified atom stereocenters. The van der Waals surface area contributed by atoms with Crippen LogP contribution in [-0.2, 0) is 10.2 Å². The molecular formula is C20H24N2O3. The third-order valence-electron chi connectivity index (χ3n) is 8.31. The van der Waals surface area contributed by atoms with Crippen LogP contribution in [0, 0.1) is 22.5 Å². The quantitative estimate of drug-likeness (QED) is 0.629. The second-order valence-corrected chi connectivity index (χ2v) is 9.07. The molecule has 4 aliphatic heterocycles. The lowest BCUT2D eigenvalue weighted by molar-refractivity contribution is -0.918. The Morgan fingerprint density at radius 1 is 1.40 bits per heavy atom. The molecule has 7 rings (SSSR count). The number of ether oxygens (including phenoxy) is 1. The highest BCUT2D eigenvalue weighted by Crippen LogP contribution is 2.72. The number of para-hydroxylation sites is 1. The molecule has 0 aromatic heterocycles. The monoisotopic (exact) mass is 340 g/mol. The minimum atomic E-state index is -0.539. The van der Waals surface area contributed by atoms with E-state index in [1.165, 1.54) is 5.56 Å². The molecule has 5 bridgehead atoms. The molecule has 0 amide bonds. The van der Waals surface area contributed by atoms with Crippen molar-refractivity contribution in [2.24, 2.45) is 22.2 Å². The third-order valence-corrected chi connectivity index (χ3v) is 8.31. The van der Waals surface area contributed by atoms with Gasteiger partial charge in [0.1, 0.15) is 0 Å². The summed E-state index contributed by atoms with van der Waals surface area (Å²) in [6.45, 7) is 3.02. The molecule has 2 saturated carbocycles. The van der Waals surface area contributed by atoms with Gasteiger partial charge in [-0.1, -0.05) is 18.2 Å². The number of aliphatic imine (C=N–C) groups is 1. The van der Waals surface area contributed by atoms with Crippen LogP contribution in [0.4, 0.5) is 5.69 Å². The van der Waals surface area contributed by atoms with Crippen LogP contribution >= 0.6 is 0 Å². The van der Waals surface area contributed by atoms with E-state index in [0.29, 0.717) is 19.1 Å². The van der Waals surface area contributed by atoms with E-state index < -0.39 is 11.5 Å². The predicted molar refractivity (Wildman–Crippen MR) is 93.5 cm³/mol. The zero-order chi connectivity index (χ0) is 17.2. The van der Waals surface area contributed by atoms with Crippen molar-refractivity contribution >= 4 is 11.4 Å². The van der Waals surface area contributed by atoms with Crippen LogP contribution in [0.1, 0.15) is 25.3 Å². The fourth-order valence-corrected chi connectivity index (χ4v) is 7.58. The molecule has 5 fully saturated rings. The Bertz CT molecular complexity index is 819. The number of benzene rings is 1. The number of nitrogens with zero attached hydrogens (tertiary/aromatic N) is 2. The summed E-state index contributed by atoms with van der Waals surface area (Å²) in [5, 5.41) is 24.6. The minimum Gasteiger partial charge on any atom is -0.633 e. The topological polar surface area (TPSA) is 64.9 Å². The van der Waals surface area contributed by atoms with Crippen molar-refractivity contribution in [2.45, 2.75) is 43.4 Å². The first kappa shape index (κ1) is 14.9. The third kappa shape index (κ3) is 1.36. The van der Waals surface area contributed by atoms with Crippen molar-refractivity contribution in [3.63, 3.8) is 0 Å². The molecular weight excluding hydrogens is 316 g/mol. The molecule has 25 heavy (non-hydrogen) atoms. The lowest BCUT2D eigenvalue weighted by Gasteiger charge is -2.76. The number of hydroxylamine groups is 3. The summed E-state index contributed by atoms with van der Waals surface area (Å²) in [6, 6.07) is 8.36. The van der Waals surface area contributed by atoms with E-state index in [1.807, 2.05) is 13.0 Å². The van der Waals surface area contributed by atoms with Gasteiger partial charge in [0.05, 0.1) is 60.7 Å². The zero-order valence-electron chi connectivity index (χ0n) is 14.7. The Morgan fingerprint density at radius 3 is 3.00 bits per heavy atom. The minimum absolute atomic E-state index is 0.0308. The highest BCUT2D eigenvalue weighted by molar-refractivity contribution is 6.07. The van der Waals surface area contributed by atoms with Crippen LogP contribution in [0.5, 0.6) is 0 Å². The molecule has 1 aromatic carbocycles. The van der Waals surface area contributed by atoms with Crippen molar-refractivity contribution in [1.82, 2.24) is 0 Å². The van der Waals surface area contributed by atoms with Gasteiger partial charge in [0.2, 0.25) is 0 Å². The van der Waals surface area contributed by atoms with Gasteiger partial charge < -0.3 is 19.7 Å². The molecule has 4 heterocycles. The number of fused-ring (bicyclic) bond motifs is 4. The van der Waals surface area contributed by atoms with Crippen molar-refractivity contribution < 1.29 is 14.5 Å². The van der Waals surface area contributed by atoms with Gasteiger partial charge in [-0.3, -0.25) is 4.99 Å². The first-order chi connectivity index (χ1) is 11.9. The molecule has 0 radical (unpaired) electrons. The van der Waals surface area contributed by atoms with Gasteiger partial charge in [-0.25, -0.2) is 0 Å². The highest BCUT2D eigenvalue weighted by atomic mass is 16.5. The predicted octanol–water partition coefficient (Wildman–Crippen LogP) is 2.14. The maximum atomic E-state index is 13.5. The molecule has 2 aliphatic carbocycles. The first-order valence-corrected chi connectivity index (χ1v) is 9.46. The average molecular weight is 340 g/mol. The highest BCUT2D eigenvalue weighted by Gasteiger charge is 2.79. The Balaban J connectivity index is 1.72. The van der Waals surface area contributed by atoms with E-state index in [0.717, 1.165) is 24.2 Å². The molecule has 3 saturated heterocycles. The largest absolute Gasteiger partial charge is 0.633 e. The van der Waals surface area contributed by atoms with E-state index >= 15 is 0 Å². The Hall–Kier alpha value is -1.27. The molecule has 8 atom stereocenters. The Labute approximate surface area is 147 Å². The molecule has 6 aliphatic rings. The zero-order valence-corrected chi connectivity index (χ0v) is 14.7. The van der Waals surface area contributed by atoms with Crippen LogP contribution < -0.4 is 0 Å². The normalized spacial score (nSPS) is 52.6. The van der Waals surface area contributed by atoms with Crippen LogP contribution in [0.2, 0.25) is 0 Å².